The summed E-state index contributed by atoms with van der Waals surface area (Å²) in [6.45, 7) is 6.39. The summed E-state index contributed by atoms with van der Waals surface area (Å²) >= 11 is 0. The molecule has 0 amide bonds. The van der Waals surface area contributed by atoms with Gasteiger partial charge in [-0.25, -0.2) is 9.97 Å². The molecule has 33 heavy (non-hydrogen) atoms. The maximum absolute atomic E-state index is 5.29. The van der Waals surface area contributed by atoms with Gasteiger partial charge in [-0.1, -0.05) is 60.2 Å². The predicted molar refractivity (Wildman–Crippen MR) is 137 cm³/mol. The van der Waals surface area contributed by atoms with E-state index in [1.807, 2.05) is 6.20 Å². The third-order valence-corrected chi connectivity index (χ3v) is 6.94. The molecule has 0 saturated carbocycles. The molecule has 0 radical (unpaired) electrons. The van der Waals surface area contributed by atoms with Crippen LogP contribution in [0.2, 0.25) is 0 Å². The zero-order valence-electron chi connectivity index (χ0n) is 19.2. The minimum atomic E-state index is 0.395. The molecule has 0 aliphatic carbocycles. The van der Waals surface area contributed by atoms with E-state index in [4.69, 9.17) is 9.97 Å². The van der Waals surface area contributed by atoms with Gasteiger partial charge in [-0.05, 0) is 73.8 Å². The number of rotatable bonds is 3. The molecule has 1 aliphatic heterocycles. The van der Waals surface area contributed by atoms with E-state index in [0.29, 0.717) is 6.04 Å². The van der Waals surface area contributed by atoms with E-state index in [-0.39, 0.29) is 0 Å². The average molecular weight is 433 g/mol. The van der Waals surface area contributed by atoms with Crippen LogP contribution in [0.15, 0.2) is 72.9 Å². The summed E-state index contributed by atoms with van der Waals surface area (Å²) in [5.41, 5.74) is 8.03. The van der Waals surface area contributed by atoms with Crippen LogP contribution in [0.3, 0.4) is 0 Å². The summed E-state index contributed by atoms with van der Waals surface area (Å²) in [6.07, 6.45) is 4.12. The van der Waals surface area contributed by atoms with Crippen LogP contribution < -0.4 is 5.32 Å². The minimum absolute atomic E-state index is 0.395. The van der Waals surface area contributed by atoms with Crippen molar-refractivity contribution in [2.24, 2.45) is 0 Å². The normalized spacial score (nSPS) is 14.8. The number of benzene rings is 3. The summed E-state index contributed by atoms with van der Waals surface area (Å²) in [5, 5.41) is 6.00. The van der Waals surface area contributed by atoms with Crippen molar-refractivity contribution in [1.29, 1.82) is 0 Å². The second-order valence-corrected chi connectivity index (χ2v) is 9.20. The SMILES string of the molecule is Cc1ccc(-c2nc3c(-c4ccc5ccccc5c4)ccnc3n2C2CCNCC2)c(C)c1. The first-order chi connectivity index (χ1) is 16.2. The van der Waals surface area contributed by atoms with E-state index in [1.54, 1.807) is 0 Å². The maximum atomic E-state index is 5.29. The number of aromatic nitrogens is 3. The van der Waals surface area contributed by atoms with Crippen LogP contribution in [0.25, 0.3) is 44.5 Å². The molecule has 3 aromatic carbocycles. The molecular weight excluding hydrogens is 404 g/mol. The molecule has 6 rings (SSSR count). The van der Waals surface area contributed by atoms with Gasteiger partial charge in [0.15, 0.2) is 5.65 Å². The highest BCUT2D eigenvalue weighted by Crippen LogP contribution is 2.37. The zero-order valence-corrected chi connectivity index (χ0v) is 19.2. The molecule has 0 spiro atoms. The average Bonchev–Trinajstić information content (AvgIpc) is 3.23. The Morgan fingerprint density at radius 3 is 2.48 bits per heavy atom. The highest BCUT2D eigenvalue weighted by atomic mass is 15.2. The van der Waals surface area contributed by atoms with Gasteiger partial charge in [0.1, 0.15) is 11.3 Å². The number of hydrogen-bond donors (Lipinski definition) is 1. The largest absolute Gasteiger partial charge is 0.317 e. The molecule has 0 unspecified atom stereocenters. The Morgan fingerprint density at radius 1 is 0.848 bits per heavy atom. The van der Waals surface area contributed by atoms with Gasteiger partial charge < -0.3 is 9.88 Å². The summed E-state index contributed by atoms with van der Waals surface area (Å²) < 4.78 is 2.42. The Balaban J connectivity index is 1.61. The molecule has 1 saturated heterocycles. The molecule has 1 aliphatic rings. The van der Waals surface area contributed by atoms with E-state index < -0.39 is 0 Å². The van der Waals surface area contributed by atoms with Gasteiger partial charge in [-0.2, -0.15) is 0 Å². The van der Waals surface area contributed by atoms with Gasteiger partial charge in [0, 0.05) is 23.4 Å². The Labute approximate surface area is 194 Å². The summed E-state index contributed by atoms with van der Waals surface area (Å²) in [4.78, 5) is 10.2. The molecule has 5 aromatic rings. The molecule has 2 aromatic heterocycles. The lowest BCUT2D eigenvalue weighted by atomic mass is 10.0. The molecule has 3 heterocycles. The Bertz CT molecular complexity index is 1470. The van der Waals surface area contributed by atoms with Gasteiger partial charge in [0.25, 0.3) is 0 Å². The van der Waals surface area contributed by atoms with Crippen molar-refractivity contribution < 1.29 is 0 Å². The second-order valence-electron chi connectivity index (χ2n) is 9.20. The molecule has 0 bridgehead atoms. The lowest BCUT2D eigenvalue weighted by Crippen LogP contribution is -2.29. The fourth-order valence-electron chi connectivity index (χ4n) is 5.24. The van der Waals surface area contributed by atoms with Crippen molar-refractivity contribution in [2.45, 2.75) is 32.7 Å². The minimum Gasteiger partial charge on any atom is -0.317 e. The van der Waals surface area contributed by atoms with E-state index in [0.717, 1.165) is 48.5 Å². The number of imidazole rings is 1. The highest BCUT2D eigenvalue weighted by Gasteiger charge is 2.25. The molecule has 4 heteroatoms. The number of nitrogens with zero attached hydrogens (tertiary/aromatic N) is 3. The standard InChI is InChI=1S/C29H28N4/c1-19-7-10-25(20(2)17-19)28-32-27-26(23-9-8-21-5-3-4-6-22(21)18-23)13-16-31-29(27)33(28)24-11-14-30-15-12-24/h3-10,13,16-18,24,30H,11-12,14-15H2,1-2H3. The van der Waals surface area contributed by atoms with Crippen molar-refractivity contribution >= 4 is 21.9 Å². The first-order valence-corrected chi connectivity index (χ1v) is 11.8. The van der Waals surface area contributed by atoms with E-state index in [1.165, 1.54) is 33.0 Å². The first kappa shape index (κ1) is 20.1. The lowest BCUT2D eigenvalue weighted by Gasteiger charge is -2.26. The molecule has 1 N–H and O–H groups in total. The molecule has 164 valence electrons. The van der Waals surface area contributed by atoms with Crippen molar-refractivity contribution in [3.63, 3.8) is 0 Å². The maximum Gasteiger partial charge on any atom is 0.161 e. The fourth-order valence-corrected chi connectivity index (χ4v) is 5.24. The second kappa shape index (κ2) is 8.13. The van der Waals surface area contributed by atoms with Crippen LogP contribution in [0.4, 0.5) is 0 Å². The molecule has 0 atom stereocenters. The van der Waals surface area contributed by atoms with Crippen molar-refractivity contribution in [3.05, 3.63) is 84.1 Å². The van der Waals surface area contributed by atoms with Crippen molar-refractivity contribution in [2.75, 3.05) is 13.1 Å². The predicted octanol–water partition coefficient (Wildman–Crippen LogP) is 6.46. The third kappa shape index (κ3) is 3.51. The number of piperidine rings is 1. The number of aryl methyl sites for hydroxylation is 2. The molecular formula is C29H28N4. The Kier molecular flexibility index (Phi) is 4.96. The number of fused-ring (bicyclic) bond motifs is 2. The van der Waals surface area contributed by atoms with Gasteiger partial charge in [-0.15, -0.1) is 0 Å². The smallest absolute Gasteiger partial charge is 0.161 e. The van der Waals surface area contributed by atoms with Crippen LogP contribution in [0.1, 0.15) is 30.0 Å². The van der Waals surface area contributed by atoms with Crippen molar-refractivity contribution in [3.8, 4) is 22.5 Å². The van der Waals surface area contributed by atoms with Gasteiger partial charge in [0.05, 0.1) is 0 Å². The van der Waals surface area contributed by atoms with Crippen LogP contribution in [0, 0.1) is 13.8 Å². The Morgan fingerprint density at radius 2 is 1.67 bits per heavy atom. The fraction of sp³-hybridized carbons (Fsp3) is 0.241. The number of pyridine rings is 1. The first-order valence-electron chi connectivity index (χ1n) is 11.8. The number of nitrogens with one attached hydrogen (secondary N) is 1. The van der Waals surface area contributed by atoms with Crippen LogP contribution in [-0.4, -0.2) is 27.6 Å². The quantitative estimate of drug-likeness (QED) is 0.356. The molecule has 4 nitrogen and oxygen atoms in total. The molecule has 1 fully saturated rings. The van der Waals surface area contributed by atoms with Crippen LogP contribution in [0.5, 0.6) is 0 Å². The topological polar surface area (TPSA) is 42.7 Å². The van der Waals surface area contributed by atoms with Crippen LogP contribution in [-0.2, 0) is 0 Å². The van der Waals surface area contributed by atoms with Gasteiger partial charge >= 0.3 is 0 Å². The third-order valence-electron chi connectivity index (χ3n) is 6.94. The van der Waals surface area contributed by atoms with Gasteiger partial charge in [0.2, 0.25) is 0 Å². The summed E-state index contributed by atoms with van der Waals surface area (Å²) in [6, 6.07) is 24.3. The highest BCUT2D eigenvalue weighted by molar-refractivity contribution is 5.96. The van der Waals surface area contributed by atoms with E-state index in [2.05, 4.69) is 90.5 Å². The Hall–Kier alpha value is -3.50. The van der Waals surface area contributed by atoms with E-state index >= 15 is 0 Å². The lowest BCUT2D eigenvalue weighted by molar-refractivity contribution is 0.376. The zero-order chi connectivity index (χ0) is 22.4. The van der Waals surface area contributed by atoms with Gasteiger partial charge in [-0.3, -0.25) is 0 Å². The van der Waals surface area contributed by atoms with Crippen molar-refractivity contribution in [1.82, 2.24) is 19.9 Å². The van der Waals surface area contributed by atoms with Crippen LogP contribution >= 0.6 is 0 Å². The number of hydrogen-bond acceptors (Lipinski definition) is 3. The summed E-state index contributed by atoms with van der Waals surface area (Å²) in [7, 11) is 0. The monoisotopic (exact) mass is 432 g/mol. The van der Waals surface area contributed by atoms with E-state index in [9.17, 15) is 0 Å². The summed E-state index contributed by atoms with van der Waals surface area (Å²) in [5.74, 6) is 1.04.